The molecule has 64 heavy (non-hydrogen) atoms. The number of ether oxygens (including phenoxy) is 1. The molecule has 0 saturated carbocycles. The fourth-order valence-corrected chi connectivity index (χ4v) is 9.48. The van der Waals surface area contributed by atoms with Crippen molar-refractivity contribution >= 4 is 34.7 Å². The number of phenolic OH excluding ortho intramolecular Hbond substituents is 2. The number of rotatable bonds is 9. The number of morpholine rings is 1. The fourth-order valence-electron chi connectivity index (χ4n) is 9.48. The number of anilines is 2. The van der Waals surface area contributed by atoms with Gasteiger partial charge in [0.2, 0.25) is 0 Å². The SMILES string of the molecule is CC(C)c1cc(C(=O)N2Cc3ccc(CN4CCN(Cc5ccc(C(=O)N6CCc7c(nc(-c8ccc9oc(N)nc9c8)nc7N7CCOCC7)C6)cc5)CC4)cc3C2)c(O)cc1O. The van der Waals surface area contributed by atoms with E-state index in [4.69, 9.17) is 24.9 Å². The maximum Gasteiger partial charge on any atom is 0.292 e. The molecule has 2 fully saturated rings. The standard InChI is InChI=1S/C49H53N9O6/c1-30(2)38-23-39(43(60)24-42(38)59)48(62)58-27-35-8-5-32(21-36(35)28-58)26-55-15-13-54(14-16-55)25-31-3-6-33(7-4-31)47(61)57-12-11-37-41(29-57)51-45(53-46(37)56-17-19-63-20-18-56)34-9-10-44-40(22-34)52-49(50)64-44/h3-10,21-24,30,59-60H,11-20,25-29H2,1-2H3,(H2,50,52). The topological polar surface area (TPSA) is 178 Å². The molecule has 330 valence electrons. The lowest BCUT2D eigenvalue weighted by Crippen LogP contribution is -2.45. The van der Waals surface area contributed by atoms with Crippen LogP contribution in [0.3, 0.4) is 0 Å². The van der Waals surface area contributed by atoms with Crippen LogP contribution < -0.4 is 10.6 Å². The van der Waals surface area contributed by atoms with Crippen molar-refractivity contribution in [1.29, 1.82) is 0 Å². The Balaban J connectivity index is 0.742. The van der Waals surface area contributed by atoms with Crippen molar-refractivity contribution in [1.82, 2.24) is 34.6 Å². The lowest BCUT2D eigenvalue weighted by molar-refractivity contribution is 0.0729. The van der Waals surface area contributed by atoms with Crippen LogP contribution in [-0.2, 0) is 43.9 Å². The average Bonchev–Trinajstić information content (AvgIpc) is 3.91. The van der Waals surface area contributed by atoms with Gasteiger partial charge in [-0.2, -0.15) is 4.98 Å². The highest BCUT2D eigenvalue weighted by Gasteiger charge is 2.31. The van der Waals surface area contributed by atoms with Gasteiger partial charge in [0.25, 0.3) is 17.8 Å². The number of aromatic nitrogens is 3. The molecule has 4 aliphatic heterocycles. The van der Waals surface area contributed by atoms with E-state index in [0.717, 1.165) is 86.1 Å². The Bertz CT molecular complexity index is 2740. The van der Waals surface area contributed by atoms with Gasteiger partial charge in [-0.05, 0) is 76.6 Å². The Morgan fingerprint density at radius 2 is 1.44 bits per heavy atom. The van der Waals surface area contributed by atoms with Crippen LogP contribution in [0.4, 0.5) is 11.8 Å². The van der Waals surface area contributed by atoms with Crippen molar-refractivity contribution < 1.29 is 29.0 Å². The summed E-state index contributed by atoms with van der Waals surface area (Å²) in [5.41, 5.74) is 16.0. The molecule has 6 aromatic rings. The van der Waals surface area contributed by atoms with Crippen LogP contribution >= 0.6 is 0 Å². The van der Waals surface area contributed by atoms with Gasteiger partial charge in [-0.3, -0.25) is 19.4 Å². The van der Waals surface area contributed by atoms with Crippen molar-refractivity contribution in [2.75, 3.05) is 69.7 Å². The van der Waals surface area contributed by atoms with Gasteiger partial charge in [-0.1, -0.05) is 44.2 Å². The van der Waals surface area contributed by atoms with E-state index < -0.39 is 0 Å². The molecule has 0 bridgehead atoms. The highest BCUT2D eigenvalue weighted by molar-refractivity contribution is 5.98. The first kappa shape index (κ1) is 41.5. The summed E-state index contributed by atoms with van der Waals surface area (Å²) in [6, 6.07) is 23.2. The highest BCUT2D eigenvalue weighted by Crippen LogP contribution is 2.36. The quantitative estimate of drug-likeness (QED) is 0.157. The van der Waals surface area contributed by atoms with E-state index in [2.05, 4.69) is 50.0 Å². The zero-order valence-electron chi connectivity index (χ0n) is 36.3. The molecule has 15 nitrogen and oxygen atoms in total. The first-order valence-electron chi connectivity index (χ1n) is 22.2. The van der Waals surface area contributed by atoms with Gasteiger partial charge in [0.1, 0.15) is 22.8 Å². The van der Waals surface area contributed by atoms with Crippen LogP contribution in [0.25, 0.3) is 22.5 Å². The van der Waals surface area contributed by atoms with Crippen LogP contribution in [0.5, 0.6) is 11.5 Å². The molecule has 0 radical (unpaired) electrons. The van der Waals surface area contributed by atoms with Crippen LogP contribution in [-0.4, -0.2) is 116 Å². The molecule has 0 spiro atoms. The third-order valence-corrected chi connectivity index (χ3v) is 13.1. The van der Waals surface area contributed by atoms with E-state index in [1.54, 1.807) is 11.0 Å². The number of nitrogens with zero attached hydrogens (tertiary/aromatic N) is 8. The summed E-state index contributed by atoms with van der Waals surface area (Å²) in [4.78, 5) is 52.8. The molecule has 15 heteroatoms. The summed E-state index contributed by atoms with van der Waals surface area (Å²) in [7, 11) is 0. The highest BCUT2D eigenvalue weighted by atomic mass is 16.5. The second kappa shape index (κ2) is 17.2. The zero-order chi connectivity index (χ0) is 44.1. The summed E-state index contributed by atoms with van der Waals surface area (Å²) in [6.07, 6.45) is 0.663. The van der Waals surface area contributed by atoms with E-state index in [9.17, 15) is 19.8 Å². The van der Waals surface area contributed by atoms with Crippen molar-refractivity contribution in [2.45, 2.75) is 58.9 Å². The van der Waals surface area contributed by atoms with Gasteiger partial charge in [0, 0.05) is 94.7 Å². The lowest BCUT2D eigenvalue weighted by Gasteiger charge is -2.35. The summed E-state index contributed by atoms with van der Waals surface area (Å²) in [5, 5.41) is 20.8. The minimum atomic E-state index is -0.239. The van der Waals surface area contributed by atoms with Gasteiger partial charge >= 0.3 is 0 Å². The van der Waals surface area contributed by atoms with Gasteiger partial charge in [0.05, 0.1) is 31.0 Å². The third kappa shape index (κ3) is 8.33. The predicted molar refractivity (Wildman–Crippen MR) is 242 cm³/mol. The number of piperazine rings is 1. The van der Waals surface area contributed by atoms with Crippen LogP contribution in [0.15, 0.2) is 77.2 Å². The smallest absolute Gasteiger partial charge is 0.292 e. The number of carbonyl (C=O) groups is 2. The number of phenols is 2. The van der Waals surface area contributed by atoms with Crippen LogP contribution in [0.2, 0.25) is 0 Å². The molecule has 6 heterocycles. The number of nitrogens with two attached hydrogens (primary N) is 1. The lowest BCUT2D eigenvalue weighted by atomic mass is 9.98. The second-order valence-corrected chi connectivity index (χ2v) is 17.7. The Kier molecular flexibility index (Phi) is 11.1. The third-order valence-electron chi connectivity index (χ3n) is 13.1. The minimum absolute atomic E-state index is 0.00000574. The van der Waals surface area contributed by atoms with Crippen molar-refractivity contribution in [3.8, 4) is 22.9 Å². The number of hydrogen-bond donors (Lipinski definition) is 3. The summed E-state index contributed by atoms with van der Waals surface area (Å²) < 4.78 is 11.1. The van der Waals surface area contributed by atoms with Gasteiger partial charge in [-0.25, -0.2) is 9.97 Å². The first-order valence-corrected chi connectivity index (χ1v) is 22.2. The number of nitrogen functional groups attached to an aromatic ring is 1. The molecule has 10 rings (SSSR count). The number of fused-ring (bicyclic) bond motifs is 3. The van der Waals surface area contributed by atoms with E-state index in [1.165, 1.54) is 17.2 Å². The van der Waals surface area contributed by atoms with E-state index in [0.29, 0.717) is 73.9 Å². The maximum absolute atomic E-state index is 14.0. The Labute approximate surface area is 371 Å². The molecular weight excluding hydrogens is 811 g/mol. The molecule has 4 aliphatic rings. The molecule has 0 aliphatic carbocycles. The molecule has 4 N–H and O–H groups in total. The molecular formula is C49H53N9O6. The van der Waals surface area contributed by atoms with E-state index in [-0.39, 0.29) is 40.8 Å². The molecule has 0 unspecified atom stereocenters. The second-order valence-electron chi connectivity index (χ2n) is 17.7. The summed E-state index contributed by atoms with van der Waals surface area (Å²) >= 11 is 0. The Morgan fingerprint density at radius 1 is 0.719 bits per heavy atom. The number of oxazole rings is 1. The van der Waals surface area contributed by atoms with Gasteiger partial charge in [-0.15, -0.1) is 0 Å². The van der Waals surface area contributed by atoms with Crippen LogP contribution in [0, 0.1) is 0 Å². The van der Waals surface area contributed by atoms with Crippen molar-refractivity contribution in [3.05, 3.63) is 123 Å². The number of hydrogen-bond acceptors (Lipinski definition) is 13. The monoisotopic (exact) mass is 863 g/mol. The Morgan fingerprint density at radius 3 is 2.19 bits per heavy atom. The molecule has 4 aromatic carbocycles. The molecule has 0 atom stereocenters. The number of amides is 2. The summed E-state index contributed by atoms with van der Waals surface area (Å²) in [6.45, 7) is 14.0. The fraction of sp³-hybridized carbons (Fsp3) is 0.367. The van der Waals surface area contributed by atoms with Crippen LogP contribution in [0.1, 0.15) is 79.6 Å². The zero-order valence-corrected chi connectivity index (χ0v) is 36.3. The largest absolute Gasteiger partial charge is 0.508 e. The molecule has 2 aromatic heterocycles. The van der Waals surface area contributed by atoms with Gasteiger partial charge < -0.3 is 39.8 Å². The Hall–Kier alpha value is -6.55. The van der Waals surface area contributed by atoms with Crippen molar-refractivity contribution in [2.24, 2.45) is 0 Å². The van der Waals surface area contributed by atoms with E-state index >= 15 is 0 Å². The number of aromatic hydroxyl groups is 2. The van der Waals surface area contributed by atoms with Gasteiger partial charge in [0.15, 0.2) is 11.4 Å². The predicted octanol–water partition coefficient (Wildman–Crippen LogP) is 5.91. The minimum Gasteiger partial charge on any atom is -0.508 e. The summed E-state index contributed by atoms with van der Waals surface area (Å²) in [5.74, 6) is 1.04. The average molecular weight is 864 g/mol. The van der Waals surface area contributed by atoms with E-state index in [1.807, 2.05) is 49.1 Å². The maximum atomic E-state index is 14.0. The normalized spacial score (nSPS) is 17.0. The molecule has 2 amide bonds. The van der Waals surface area contributed by atoms with Crippen molar-refractivity contribution in [3.63, 3.8) is 0 Å². The number of benzene rings is 4. The first-order chi connectivity index (χ1) is 31.0. The number of carbonyl (C=O) groups excluding carboxylic acids is 2. The molecule has 2 saturated heterocycles.